The van der Waals surface area contributed by atoms with Crippen LogP contribution in [0.1, 0.15) is 30.1 Å². The minimum atomic E-state index is -0.788. The van der Waals surface area contributed by atoms with E-state index in [9.17, 15) is 13.6 Å². The molecule has 1 fully saturated rings. The summed E-state index contributed by atoms with van der Waals surface area (Å²) in [4.78, 5) is 12.1. The maximum absolute atomic E-state index is 13.5. The molecular weight excluding hydrogens is 270 g/mol. The average molecular weight is 286 g/mol. The van der Waals surface area contributed by atoms with E-state index in [0.29, 0.717) is 18.5 Å². The molecule has 0 amide bonds. The van der Waals surface area contributed by atoms with Gasteiger partial charge in [-0.15, -0.1) is 11.8 Å². The molecule has 0 aromatic heterocycles. The first-order chi connectivity index (χ1) is 9.08. The Balaban J connectivity index is 2.01. The largest absolute Gasteiger partial charge is 0.381 e. The van der Waals surface area contributed by atoms with Crippen molar-refractivity contribution in [3.8, 4) is 0 Å². The van der Waals surface area contributed by atoms with E-state index in [1.807, 2.05) is 0 Å². The lowest BCUT2D eigenvalue weighted by molar-refractivity contribution is 0.0971. The number of carbonyl (C=O) groups excluding carboxylic acids is 1. The standard InChI is InChI=1S/C14H16F2O2S/c1-9(19-11-4-6-18-7-5-11)14(17)12-3-2-10(15)8-13(12)16/h2-3,8-9,11H,4-7H2,1H3. The fourth-order valence-electron chi connectivity index (χ4n) is 2.07. The Morgan fingerprint density at radius 3 is 2.68 bits per heavy atom. The highest BCUT2D eigenvalue weighted by Crippen LogP contribution is 2.28. The quantitative estimate of drug-likeness (QED) is 0.793. The molecule has 1 aliphatic rings. The number of halogens is 2. The highest BCUT2D eigenvalue weighted by atomic mass is 32.2. The molecule has 2 rings (SSSR count). The van der Waals surface area contributed by atoms with Gasteiger partial charge in [-0.3, -0.25) is 4.79 Å². The predicted octanol–water partition coefficient (Wildman–Crippen LogP) is 3.45. The van der Waals surface area contributed by atoms with Gasteiger partial charge in [0.1, 0.15) is 11.6 Å². The summed E-state index contributed by atoms with van der Waals surface area (Å²) < 4.78 is 31.6. The second kappa shape index (κ2) is 6.48. The SMILES string of the molecule is CC(SC1CCOCC1)C(=O)c1ccc(F)cc1F. The molecule has 0 spiro atoms. The summed E-state index contributed by atoms with van der Waals surface area (Å²) in [5.74, 6) is -1.74. The van der Waals surface area contributed by atoms with Crippen LogP contribution in [0, 0.1) is 11.6 Å². The molecule has 1 aromatic rings. The third kappa shape index (κ3) is 3.76. The summed E-state index contributed by atoms with van der Waals surface area (Å²) in [6.07, 6.45) is 1.82. The normalized spacial score (nSPS) is 18.3. The van der Waals surface area contributed by atoms with Crippen LogP contribution < -0.4 is 0 Å². The molecule has 104 valence electrons. The fourth-order valence-corrected chi connectivity index (χ4v) is 3.36. The Bertz CT molecular complexity index is 459. The minimum Gasteiger partial charge on any atom is -0.381 e. The Morgan fingerprint density at radius 2 is 2.05 bits per heavy atom. The summed E-state index contributed by atoms with van der Waals surface area (Å²) >= 11 is 1.55. The molecule has 0 bridgehead atoms. The number of hydrogen-bond donors (Lipinski definition) is 0. The number of ether oxygens (including phenoxy) is 1. The van der Waals surface area contributed by atoms with Gasteiger partial charge in [0, 0.05) is 24.5 Å². The number of Topliss-reactive ketones (excluding diaryl/α,β-unsaturated/α-hetero) is 1. The first-order valence-electron chi connectivity index (χ1n) is 6.30. The van der Waals surface area contributed by atoms with Crippen LogP contribution in [0.2, 0.25) is 0 Å². The van der Waals surface area contributed by atoms with Gasteiger partial charge in [0.25, 0.3) is 0 Å². The van der Waals surface area contributed by atoms with Crippen LogP contribution in [0.25, 0.3) is 0 Å². The topological polar surface area (TPSA) is 26.3 Å². The lowest BCUT2D eigenvalue weighted by atomic mass is 10.1. The van der Waals surface area contributed by atoms with E-state index in [1.165, 1.54) is 6.07 Å². The number of hydrogen-bond acceptors (Lipinski definition) is 3. The molecule has 2 nitrogen and oxygen atoms in total. The Labute approximate surface area is 115 Å². The van der Waals surface area contributed by atoms with E-state index in [2.05, 4.69) is 0 Å². The first kappa shape index (κ1) is 14.5. The van der Waals surface area contributed by atoms with Crippen LogP contribution in [0.15, 0.2) is 18.2 Å². The van der Waals surface area contributed by atoms with Gasteiger partial charge in [0.05, 0.1) is 10.8 Å². The third-order valence-corrected chi connectivity index (χ3v) is 4.61. The molecule has 1 heterocycles. The van der Waals surface area contributed by atoms with E-state index in [0.717, 1.165) is 25.0 Å². The zero-order valence-electron chi connectivity index (χ0n) is 10.7. The van der Waals surface area contributed by atoms with Gasteiger partial charge < -0.3 is 4.74 Å². The smallest absolute Gasteiger partial charge is 0.178 e. The van der Waals surface area contributed by atoms with Crippen molar-refractivity contribution in [1.29, 1.82) is 0 Å². The summed E-state index contributed by atoms with van der Waals surface area (Å²) in [7, 11) is 0. The first-order valence-corrected chi connectivity index (χ1v) is 7.24. The molecule has 0 saturated carbocycles. The highest BCUT2D eigenvalue weighted by Gasteiger charge is 2.24. The summed E-state index contributed by atoms with van der Waals surface area (Å²) in [5, 5.41) is 0.0410. The molecule has 0 radical (unpaired) electrons. The number of thioether (sulfide) groups is 1. The van der Waals surface area contributed by atoms with Gasteiger partial charge in [-0.25, -0.2) is 8.78 Å². The van der Waals surface area contributed by atoms with Crippen LogP contribution in [0.3, 0.4) is 0 Å². The molecule has 1 unspecified atom stereocenters. The second-order valence-electron chi connectivity index (χ2n) is 4.58. The van der Waals surface area contributed by atoms with E-state index >= 15 is 0 Å². The van der Waals surface area contributed by atoms with Crippen molar-refractivity contribution >= 4 is 17.5 Å². The molecule has 1 aromatic carbocycles. The predicted molar refractivity (Wildman–Crippen MR) is 71.6 cm³/mol. The zero-order chi connectivity index (χ0) is 13.8. The van der Waals surface area contributed by atoms with E-state index in [-0.39, 0.29) is 16.6 Å². The van der Waals surface area contributed by atoms with Crippen molar-refractivity contribution in [2.75, 3.05) is 13.2 Å². The van der Waals surface area contributed by atoms with Crippen molar-refractivity contribution in [3.05, 3.63) is 35.4 Å². The van der Waals surface area contributed by atoms with Gasteiger partial charge in [-0.05, 0) is 31.9 Å². The van der Waals surface area contributed by atoms with Gasteiger partial charge >= 0.3 is 0 Å². The van der Waals surface area contributed by atoms with Crippen LogP contribution in [0.4, 0.5) is 8.78 Å². The third-order valence-electron chi connectivity index (χ3n) is 3.13. The Kier molecular flexibility index (Phi) is 4.93. The number of ketones is 1. The Morgan fingerprint density at radius 1 is 1.37 bits per heavy atom. The van der Waals surface area contributed by atoms with Crippen molar-refractivity contribution in [1.82, 2.24) is 0 Å². The van der Waals surface area contributed by atoms with Gasteiger partial charge in [0.2, 0.25) is 0 Å². The van der Waals surface area contributed by atoms with Crippen LogP contribution in [0.5, 0.6) is 0 Å². The summed E-state index contributed by atoms with van der Waals surface area (Å²) in [6, 6.07) is 3.08. The average Bonchev–Trinajstić information content (AvgIpc) is 2.39. The maximum Gasteiger partial charge on any atom is 0.178 e. The van der Waals surface area contributed by atoms with Crippen LogP contribution in [-0.2, 0) is 4.74 Å². The highest BCUT2D eigenvalue weighted by molar-refractivity contribution is 8.01. The van der Waals surface area contributed by atoms with E-state index < -0.39 is 11.6 Å². The molecule has 5 heteroatoms. The molecule has 0 aliphatic carbocycles. The van der Waals surface area contributed by atoms with Gasteiger partial charge in [-0.2, -0.15) is 0 Å². The van der Waals surface area contributed by atoms with E-state index in [1.54, 1.807) is 18.7 Å². The van der Waals surface area contributed by atoms with Crippen molar-refractivity contribution in [2.45, 2.75) is 30.3 Å². The monoisotopic (exact) mass is 286 g/mol. The van der Waals surface area contributed by atoms with Gasteiger partial charge in [-0.1, -0.05) is 0 Å². The molecular formula is C14H16F2O2S. The molecule has 1 aliphatic heterocycles. The minimum absolute atomic E-state index is 0.0338. The zero-order valence-corrected chi connectivity index (χ0v) is 11.5. The molecule has 1 saturated heterocycles. The number of rotatable bonds is 4. The van der Waals surface area contributed by atoms with Crippen molar-refractivity contribution in [2.24, 2.45) is 0 Å². The fraction of sp³-hybridized carbons (Fsp3) is 0.500. The number of carbonyl (C=O) groups is 1. The molecule has 0 N–H and O–H groups in total. The summed E-state index contributed by atoms with van der Waals surface area (Å²) in [6.45, 7) is 3.19. The molecule has 19 heavy (non-hydrogen) atoms. The van der Waals surface area contributed by atoms with Crippen molar-refractivity contribution in [3.63, 3.8) is 0 Å². The van der Waals surface area contributed by atoms with Crippen LogP contribution in [-0.4, -0.2) is 29.5 Å². The van der Waals surface area contributed by atoms with Crippen LogP contribution >= 0.6 is 11.8 Å². The maximum atomic E-state index is 13.5. The second-order valence-corrected chi connectivity index (χ2v) is 6.22. The number of benzene rings is 1. The lowest BCUT2D eigenvalue weighted by Crippen LogP contribution is -2.23. The lowest BCUT2D eigenvalue weighted by Gasteiger charge is -2.24. The Hall–Kier alpha value is -0.940. The van der Waals surface area contributed by atoms with E-state index in [4.69, 9.17) is 4.74 Å². The molecule has 1 atom stereocenters. The summed E-state index contributed by atoms with van der Waals surface area (Å²) in [5.41, 5.74) is -0.0338. The van der Waals surface area contributed by atoms with Crippen molar-refractivity contribution < 1.29 is 18.3 Å². The van der Waals surface area contributed by atoms with Gasteiger partial charge in [0.15, 0.2) is 5.78 Å².